The van der Waals surface area contributed by atoms with Crippen LogP contribution in [0, 0.1) is 0 Å². The summed E-state index contributed by atoms with van der Waals surface area (Å²) in [6.07, 6.45) is -2.85. The van der Waals surface area contributed by atoms with E-state index in [9.17, 15) is 18.0 Å². The van der Waals surface area contributed by atoms with Gasteiger partial charge in [0.2, 0.25) is 0 Å². The molecule has 1 heterocycles. The van der Waals surface area contributed by atoms with Crippen molar-refractivity contribution in [1.82, 2.24) is 0 Å². The number of rotatable bonds is 2. The fourth-order valence-electron chi connectivity index (χ4n) is 2.41. The normalized spacial score (nSPS) is 15.8. The second kappa shape index (κ2) is 6.03. The highest BCUT2D eigenvalue weighted by Crippen LogP contribution is 2.32. The molecule has 6 heteroatoms. The lowest BCUT2D eigenvalue weighted by Gasteiger charge is -2.19. The first-order valence-corrected chi connectivity index (χ1v) is 7.12. The molecule has 0 radical (unpaired) electrons. The summed E-state index contributed by atoms with van der Waals surface area (Å²) in [5, 5.41) is 0. The van der Waals surface area contributed by atoms with E-state index in [-0.39, 0.29) is 12.4 Å². The monoisotopic (exact) mass is 334 g/mol. The molecule has 0 amide bonds. The third-order valence-electron chi connectivity index (χ3n) is 3.69. The van der Waals surface area contributed by atoms with Crippen LogP contribution in [0.3, 0.4) is 0 Å². The van der Waals surface area contributed by atoms with Crippen molar-refractivity contribution in [2.45, 2.75) is 6.18 Å². The second-order valence-electron chi connectivity index (χ2n) is 5.27. The van der Waals surface area contributed by atoms with Crippen LogP contribution in [0.25, 0.3) is 6.08 Å². The minimum Gasteiger partial charge on any atom is -0.497 e. The number of ether oxygens (including phenoxy) is 2. The van der Waals surface area contributed by atoms with E-state index < -0.39 is 11.7 Å². The molecular weight excluding hydrogens is 321 g/mol. The number of hydrogen-bond donors (Lipinski definition) is 0. The lowest BCUT2D eigenvalue weighted by molar-refractivity contribution is -0.137. The molecule has 2 aromatic rings. The molecule has 0 N–H and O–H groups in total. The highest BCUT2D eigenvalue weighted by Gasteiger charge is 2.30. The summed E-state index contributed by atoms with van der Waals surface area (Å²) in [7, 11) is 1.49. The number of Topliss-reactive ketones (excluding diaryl/α,β-unsaturated/α-hetero) is 1. The highest BCUT2D eigenvalue weighted by molar-refractivity contribution is 6.14. The lowest BCUT2D eigenvalue weighted by atomic mass is 9.98. The minimum absolute atomic E-state index is 0.0686. The number of benzene rings is 2. The number of alkyl halides is 3. The summed E-state index contributed by atoms with van der Waals surface area (Å²) in [5.74, 6) is 0.766. The van der Waals surface area contributed by atoms with Gasteiger partial charge in [0, 0.05) is 5.57 Å². The molecule has 0 aromatic heterocycles. The van der Waals surface area contributed by atoms with E-state index in [1.165, 1.54) is 25.3 Å². The molecule has 0 bridgehead atoms. The van der Waals surface area contributed by atoms with Crippen LogP contribution in [0.2, 0.25) is 0 Å². The molecule has 0 spiro atoms. The lowest BCUT2D eigenvalue weighted by Crippen LogP contribution is -2.19. The first-order chi connectivity index (χ1) is 11.4. The van der Waals surface area contributed by atoms with Gasteiger partial charge in [0.15, 0.2) is 5.78 Å². The Morgan fingerprint density at radius 1 is 1.12 bits per heavy atom. The molecule has 0 saturated carbocycles. The average molecular weight is 334 g/mol. The number of carbonyl (C=O) groups is 1. The van der Waals surface area contributed by atoms with Gasteiger partial charge in [0.25, 0.3) is 0 Å². The number of hydrogen-bond acceptors (Lipinski definition) is 3. The largest absolute Gasteiger partial charge is 0.497 e. The summed E-state index contributed by atoms with van der Waals surface area (Å²) >= 11 is 0. The number of fused-ring (bicyclic) bond motifs is 1. The standard InChI is InChI=1S/C18H13F3O3/c1-23-14-6-7-16-15(9-14)17(22)12(10-24-16)8-11-2-4-13(5-3-11)18(19,20)21/h2-9H,10H2,1H3. The zero-order chi connectivity index (χ0) is 17.3. The van der Waals surface area contributed by atoms with Crippen LogP contribution in [0.15, 0.2) is 48.0 Å². The van der Waals surface area contributed by atoms with Gasteiger partial charge in [0.1, 0.15) is 18.1 Å². The Morgan fingerprint density at radius 2 is 1.83 bits per heavy atom. The van der Waals surface area contributed by atoms with Crippen molar-refractivity contribution in [3.63, 3.8) is 0 Å². The van der Waals surface area contributed by atoms with Gasteiger partial charge in [-0.2, -0.15) is 13.2 Å². The van der Waals surface area contributed by atoms with Gasteiger partial charge in [-0.15, -0.1) is 0 Å². The first kappa shape index (κ1) is 16.1. The van der Waals surface area contributed by atoms with E-state index in [1.54, 1.807) is 18.2 Å². The molecule has 3 nitrogen and oxygen atoms in total. The van der Waals surface area contributed by atoms with Crippen LogP contribution in [0.5, 0.6) is 11.5 Å². The van der Waals surface area contributed by atoms with Crippen molar-refractivity contribution in [3.8, 4) is 11.5 Å². The quantitative estimate of drug-likeness (QED) is 0.765. The van der Waals surface area contributed by atoms with E-state index in [2.05, 4.69) is 0 Å². The Labute approximate surface area is 136 Å². The molecule has 0 saturated heterocycles. The molecule has 2 aromatic carbocycles. The van der Waals surface area contributed by atoms with Crippen LogP contribution in [0.1, 0.15) is 21.5 Å². The van der Waals surface area contributed by atoms with Crippen molar-refractivity contribution in [2.24, 2.45) is 0 Å². The van der Waals surface area contributed by atoms with Crippen molar-refractivity contribution in [3.05, 3.63) is 64.7 Å². The van der Waals surface area contributed by atoms with Crippen LogP contribution < -0.4 is 9.47 Å². The van der Waals surface area contributed by atoms with Gasteiger partial charge >= 0.3 is 6.18 Å². The molecule has 0 aliphatic carbocycles. The molecule has 124 valence electrons. The highest BCUT2D eigenvalue weighted by atomic mass is 19.4. The summed E-state index contributed by atoms with van der Waals surface area (Å²) in [5.41, 5.74) is 0.515. The van der Waals surface area contributed by atoms with E-state index >= 15 is 0 Å². The van der Waals surface area contributed by atoms with E-state index in [0.717, 1.165) is 12.1 Å². The third-order valence-corrected chi connectivity index (χ3v) is 3.69. The van der Waals surface area contributed by atoms with E-state index in [0.29, 0.717) is 28.2 Å². The Bertz CT molecular complexity index is 805. The summed E-state index contributed by atoms with van der Waals surface area (Å²) in [4.78, 5) is 12.5. The van der Waals surface area contributed by atoms with Gasteiger partial charge in [0.05, 0.1) is 18.2 Å². The van der Waals surface area contributed by atoms with Crippen molar-refractivity contribution in [2.75, 3.05) is 13.7 Å². The predicted octanol–water partition coefficient (Wildman–Crippen LogP) is 4.37. The van der Waals surface area contributed by atoms with Crippen molar-refractivity contribution >= 4 is 11.9 Å². The Kier molecular flexibility index (Phi) is 4.05. The number of halogens is 3. The smallest absolute Gasteiger partial charge is 0.416 e. The van der Waals surface area contributed by atoms with Crippen LogP contribution >= 0.6 is 0 Å². The fourth-order valence-corrected chi connectivity index (χ4v) is 2.41. The van der Waals surface area contributed by atoms with Crippen molar-refractivity contribution < 1.29 is 27.4 Å². The topological polar surface area (TPSA) is 35.5 Å². The average Bonchev–Trinajstić information content (AvgIpc) is 2.57. The number of ketones is 1. The first-order valence-electron chi connectivity index (χ1n) is 7.12. The Morgan fingerprint density at radius 3 is 2.46 bits per heavy atom. The fraction of sp³-hybridized carbons (Fsp3) is 0.167. The zero-order valence-electron chi connectivity index (χ0n) is 12.7. The van der Waals surface area contributed by atoms with Gasteiger partial charge in [-0.05, 0) is 42.0 Å². The molecule has 24 heavy (non-hydrogen) atoms. The number of methoxy groups -OCH3 is 1. The van der Waals surface area contributed by atoms with Gasteiger partial charge in [-0.1, -0.05) is 12.1 Å². The molecular formula is C18H13F3O3. The van der Waals surface area contributed by atoms with Crippen LogP contribution in [0.4, 0.5) is 13.2 Å². The van der Waals surface area contributed by atoms with Gasteiger partial charge in [-0.25, -0.2) is 0 Å². The Balaban J connectivity index is 1.90. The van der Waals surface area contributed by atoms with Gasteiger partial charge in [-0.3, -0.25) is 4.79 Å². The molecule has 0 atom stereocenters. The maximum absolute atomic E-state index is 12.6. The third kappa shape index (κ3) is 3.13. The molecule has 3 rings (SSSR count). The minimum atomic E-state index is -4.38. The molecule has 1 aliphatic rings. The van der Waals surface area contributed by atoms with Crippen LogP contribution in [-0.2, 0) is 6.18 Å². The summed E-state index contributed by atoms with van der Waals surface area (Å²) in [6.45, 7) is 0.0686. The zero-order valence-corrected chi connectivity index (χ0v) is 12.7. The predicted molar refractivity (Wildman–Crippen MR) is 82.2 cm³/mol. The summed E-state index contributed by atoms with van der Waals surface area (Å²) < 4.78 is 48.4. The molecule has 0 unspecified atom stereocenters. The summed E-state index contributed by atoms with van der Waals surface area (Å²) in [6, 6.07) is 9.54. The maximum atomic E-state index is 12.6. The number of carbonyl (C=O) groups excluding carboxylic acids is 1. The SMILES string of the molecule is COc1ccc2c(c1)C(=O)C(=Cc1ccc(C(F)(F)F)cc1)CO2. The van der Waals surface area contributed by atoms with Crippen molar-refractivity contribution in [1.29, 1.82) is 0 Å². The molecule has 1 aliphatic heterocycles. The maximum Gasteiger partial charge on any atom is 0.416 e. The van der Waals surface area contributed by atoms with E-state index in [1.807, 2.05) is 0 Å². The Hall–Kier alpha value is -2.76. The molecule has 0 fully saturated rings. The second-order valence-corrected chi connectivity index (χ2v) is 5.27. The van der Waals surface area contributed by atoms with Crippen LogP contribution in [-0.4, -0.2) is 19.5 Å². The van der Waals surface area contributed by atoms with Gasteiger partial charge < -0.3 is 9.47 Å². The van der Waals surface area contributed by atoms with E-state index in [4.69, 9.17) is 9.47 Å².